The third kappa shape index (κ3) is 8.52. The quantitative estimate of drug-likeness (QED) is 0.616. The fourth-order valence-electron chi connectivity index (χ4n) is 1.92. The van der Waals surface area contributed by atoms with Crippen LogP contribution in [0.3, 0.4) is 0 Å². The van der Waals surface area contributed by atoms with Gasteiger partial charge in [-0.25, -0.2) is 0 Å². The van der Waals surface area contributed by atoms with E-state index in [4.69, 9.17) is 5.26 Å². The molecule has 0 spiro atoms. The van der Waals surface area contributed by atoms with Crippen molar-refractivity contribution < 1.29 is 9.59 Å². The zero-order valence-electron chi connectivity index (χ0n) is 13.4. The molecule has 0 amide bonds. The van der Waals surface area contributed by atoms with Gasteiger partial charge in [-0.05, 0) is 39.9 Å². The van der Waals surface area contributed by atoms with E-state index in [1.165, 1.54) is 11.8 Å². The van der Waals surface area contributed by atoms with E-state index >= 15 is 0 Å². The summed E-state index contributed by atoms with van der Waals surface area (Å²) < 4.78 is 0. The number of hydrogen-bond acceptors (Lipinski definition) is 5. The Morgan fingerprint density at radius 1 is 1.00 bits per heavy atom. The predicted molar refractivity (Wildman–Crippen MR) is 84.6 cm³/mol. The Morgan fingerprint density at radius 3 is 1.95 bits per heavy atom. The number of rotatable bonds is 10. The molecule has 0 saturated carbocycles. The molecule has 1 atom stereocenters. The largest absolute Gasteiger partial charge is 0.300 e. The summed E-state index contributed by atoms with van der Waals surface area (Å²) in [4.78, 5) is 23.4. The number of carbonyl (C=O) groups is 2. The molecule has 0 bridgehead atoms. The van der Waals surface area contributed by atoms with Crippen molar-refractivity contribution in [1.82, 2.24) is 0 Å². The van der Waals surface area contributed by atoms with Gasteiger partial charge in [0.05, 0.1) is 28.7 Å². The molecule has 1 unspecified atom stereocenters. The van der Waals surface area contributed by atoms with Gasteiger partial charge in [0.15, 0.2) is 0 Å². The molecule has 0 N–H and O–H groups in total. The van der Waals surface area contributed by atoms with Crippen LogP contribution in [0.5, 0.6) is 0 Å². The van der Waals surface area contributed by atoms with Gasteiger partial charge in [0.2, 0.25) is 0 Å². The van der Waals surface area contributed by atoms with Crippen molar-refractivity contribution >= 4 is 23.3 Å². The van der Waals surface area contributed by atoms with Crippen molar-refractivity contribution in [3.05, 3.63) is 0 Å². The fourth-order valence-corrected chi connectivity index (χ4v) is 2.39. The second kappa shape index (κ2) is 8.85. The maximum Gasteiger partial charge on any atom is 0.142 e. The van der Waals surface area contributed by atoms with E-state index in [0.29, 0.717) is 25.0 Å². The van der Waals surface area contributed by atoms with Crippen LogP contribution in [-0.4, -0.2) is 23.6 Å². The molecule has 0 aromatic heterocycles. The summed E-state index contributed by atoms with van der Waals surface area (Å²) in [6.07, 6.45) is 3.66. The van der Waals surface area contributed by atoms with Gasteiger partial charge in [-0.15, -0.1) is 0 Å². The predicted octanol–water partition coefficient (Wildman–Crippen LogP) is 3.52. The van der Waals surface area contributed by atoms with E-state index in [1.54, 1.807) is 20.8 Å². The SMILES string of the molecule is CSCC(=O)CCC(C)(C#N)CCC(=O)CC(C)(C)C#N. The summed E-state index contributed by atoms with van der Waals surface area (Å²) in [5.74, 6) is 0.607. The van der Waals surface area contributed by atoms with Crippen LogP contribution >= 0.6 is 11.8 Å². The first-order valence-electron chi connectivity index (χ1n) is 7.03. The molecule has 0 heterocycles. The van der Waals surface area contributed by atoms with Crippen molar-refractivity contribution in [2.75, 3.05) is 12.0 Å². The molecule has 116 valence electrons. The second-order valence-electron chi connectivity index (χ2n) is 6.36. The highest BCUT2D eigenvalue weighted by Crippen LogP contribution is 2.30. The Bertz CT molecular complexity index is 460. The highest BCUT2D eigenvalue weighted by molar-refractivity contribution is 7.99. The molecule has 4 nitrogen and oxygen atoms in total. The highest BCUT2D eigenvalue weighted by Gasteiger charge is 2.27. The number of ketones is 2. The molecule has 0 aliphatic carbocycles. The highest BCUT2D eigenvalue weighted by atomic mass is 32.2. The van der Waals surface area contributed by atoms with Crippen LogP contribution < -0.4 is 0 Å². The van der Waals surface area contributed by atoms with Gasteiger partial charge < -0.3 is 0 Å². The topological polar surface area (TPSA) is 81.7 Å². The third-order valence-corrected chi connectivity index (χ3v) is 4.04. The Hall–Kier alpha value is -1.33. The van der Waals surface area contributed by atoms with Crippen LogP contribution in [0, 0.1) is 33.5 Å². The number of nitriles is 2. The summed E-state index contributed by atoms with van der Waals surface area (Å²) in [6.45, 7) is 5.26. The summed E-state index contributed by atoms with van der Waals surface area (Å²) in [5, 5.41) is 18.2. The minimum absolute atomic E-state index is 0.00142. The Kier molecular flexibility index (Phi) is 8.29. The fraction of sp³-hybridized carbons (Fsp3) is 0.750. The van der Waals surface area contributed by atoms with Gasteiger partial charge in [0.1, 0.15) is 11.6 Å². The van der Waals surface area contributed by atoms with Gasteiger partial charge in [0, 0.05) is 19.3 Å². The lowest BCUT2D eigenvalue weighted by Gasteiger charge is -2.21. The molecular weight excluding hydrogens is 284 g/mol. The smallest absolute Gasteiger partial charge is 0.142 e. The Morgan fingerprint density at radius 2 is 1.52 bits per heavy atom. The Balaban J connectivity index is 4.37. The van der Waals surface area contributed by atoms with Crippen molar-refractivity contribution in [3.8, 4) is 12.1 Å². The molecule has 0 aromatic carbocycles. The van der Waals surface area contributed by atoms with E-state index in [2.05, 4.69) is 12.1 Å². The number of Topliss-reactive ketones (excluding diaryl/α,β-unsaturated/α-hetero) is 2. The lowest BCUT2D eigenvalue weighted by Crippen LogP contribution is -2.20. The molecule has 0 aliphatic rings. The van der Waals surface area contributed by atoms with E-state index < -0.39 is 10.8 Å². The van der Waals surface area contributed by atoms with Crippen molar-refractivity contribution in [2.45, 2.75) is 52.9 Å². The number of carbonyl (C=O) groups excluding carboxylic acids is 2. The summed E-state index contributed by atoms with van der Waals surface area (Å²) in [7, 11) is 0. The number of nitrogens with zero attached hydrogens (tertiary/aromatic N) is 2. The van der Waals surface area contributed by atoms with E-state index in [1.807, 2.05) is 6.26 Å². The molecule has 0 radical (unpaired) electrons. The molecule has 21 heavy (non-hydrogen) atoms. The van der Waals surface area contributed by atoms with Crippen molar-refractivity contribution in [2.24, 2.45) is 10.8 Å². The van der Waals surface area contributed by atoms with Crippen LogP contribution in [0.15, 0.2) is 0 Å². The zero-order valence-corrected chi connectivity index (χ0v) is 14.2. The zero-order chi connectivity index (χ0) is 16.5. The standard InChI is InChI=1S/C16H24N2O2S/c1-15(2,11-17)9-13(19)5-7-16(3,12-18)8-6-14(20)10-21-4/h5-10H2,1-4H3. The maximum atomic E-state index is 11.9. The van der Waals surface area contributed by atoms with Crippen LogP contribution in [0.1, 0.15) is 52.9 Å². The molecule has 0 aromatic rings. The molecular formula is C16H24N2O2S. The average molecular weight is 308 g/mol. The molecule has 0 fully saturated rings. The lowest BCUT2D eigenvalue weighted by atomic mass is 9.79. The molecule has 0 saturated heterocycles. The van der Waals surface area contributed by atoms with Crippen LogP contribution in [-0.2, 0) is 9.59 Å². The van der Waals surface area contributed by atoms with Crippen molar-refractivity contribution in [1.29, 1.82) is 10.5 Å². The van der Waals surface area contributed by atoms with Gasteiger partial charge in [0.25, 0.3) is 0 Å². The van der Waals surface area contributed by atoms with Gasteiger partial charge in [-0.1, -0.05) is 0 Å². The van der Waals surface area contributed by atoms with E-state index in [0.717, 1.165) is 0 Å². The number of thioether (sulfide) groups is 1. The monoisotopic (exact) mass is 308 g/mol. The van der Waals surface area contributed by atoms with E-state index in [-0.39, 0.29) is 24.4 Å². The minimum Gasteiger partial charge on any atom is -0.300 e. The Labute approximate surface area is 131 Å². The number of hydrogen-bond donors (Lipinski definition) is 0. The molecule has 0 rings (SSSR count). The summed E-state index contributed by atoms with van der Waals surface area (Å²) in [6, 6.07) is 4.34. The second-order valence-corrected chi connectivity index (χ2v) is 7.22. The maximum absolute atomic E-state index is 11.9. The molecule has 0 aliphatic heterocycles. The normalized spacial score (nSPS) is 13.8. The van der Waals surface area contributed by atoms with Crippen LogP contribution in [0.4, 0.5) is 0 Å². The first kappa shape index (κ1) is 19.7. The van der Waals surface area contributed by atoms with E-state index in [9.17, 15) is 14.9 Å². The van der Waals surface area contributed by atoms with Crippen LogP contribution in [0.25, 0.3) is 0 Å². The van der Waals surface area contributed by atoms with Gasteiger partial charge >= 0.3 is 0 Å². The summed E-state index contributed by atoms with van der Waals surface area (Å²) in [5.41, 5.74) is -1.31. The minimum atomic E-state index is -0.658. The molecule has 5 heteroatoms. The first-order valence-corrected chi connectivity index (χ1v) is 8.42. The van der Waals surface area contributed by atoms with Gasteiger partial charge in [-0.2, -0.15) is 22.3 Å². The van der Waals surface area contributed by atoms with Crippen LogP contribution in [0.2, 0.25) is 0 Å². The average Bonchev–Trinajstić information content (AvgIpc) is 2.43. The van der Waals surface area contributed by atoms with Gasteiger partial charge in [-0.3, -0.25) is 9.59 Å². The third-order valence-electron chi connectivity index (χ3n) is 3.43. The lowest BCUT2D eigenvalue weighted by molar-refractivity contribution is -0.120. The summed E-state index contributed by atoms with van der Waals surface area (Å²) >= 11 is 1.48. The first-order chi connectivity index (χ1) is 9.68. The van der Waals surface area contributed by atoms with Crippen molar-refractivity contribution in [3.63, 3.8) is 0 Å².